The van der Waals surface area contributed by atoms with E-state index < -0.39 is 0 Å². The molecule has 0 N–H and O–H groups in total. The summed E-state index contributed by atoms with van der Waals surface area (Å²) < 4.78 is 0. The molecule has 0 radical (unpaired) electrons. The lowest BCUT2D eigenvalue weighted by Gasteiger charge is -1.67. The SMILES string of the molecule is C.CCC.Cc1ncc(C#N)s1. The second-order valence-corrected chi connectivity index (χ2v) is 3.30. The van der Waals surface area contributed by atoms with Gasteiger partial charge in [0.05, 0.1) is 11.2 Å². The molecule has 0 unspecified atom stereocenters. The lowest BCUT2D eigenvalue weighted by molar-refractivity contribution is 1.09. The Kier molecular flexibility index (Phi) is 9.38. The lowest BCUT2D eigenvalue weighted by Crippen LogP contribution is -1.57. The van der Waals surface area contributed by atoms with Gasteiger partial charge in [-0.25, -0.2) is 4.98 Å². The maximum absolute atomic E-state index is 8.27. The van der Waals surface area contributed by atoms with Crippen LogP contribution in [0.25, 0.3) is 0 Å². The van der Waals surface area contributed by atoms with Gasteiger partial charge >= 0.3 is 0 Å². The monoisotopic (exact) mass is 184 g/mol. The van der Waals surface area contributed by atoms with Crippen molar-refractivity contribution in [3.8, 4) is 6.07 Å². The molecule has 0 aliphatic heterocycles. The highest BCUT2D eigenvalue weighted by Gasteiger charge is 1.91. The highest BCUT2D eigenvalue weighted by Crippen LogP contribution is 2.08. The summed E-state index contributed by atoms with van der Waals surface area (Å²) in [4.78, 5) is 4.57. The van der Waals surface area contributed by atoms with Crippen LogP contribution in [-0.2, 0) is 0 Å². The van der Waals surface area contributed by atoms with Crippen molar-refractivity contribution < 1.29 is 0 Å². The zero-order valence-corrected chi connectivity index (χ0v) is 7.90. The molecule has 0 spiro atoms. The third kappa shape index (κ3) is 5.87. The van der Waals surface area contributed by atoms with Crippen LogP contribution in [0.2, 0.25) is 0 Å². The Labute approximate surface area is 78.9 Å². The van der Waals surface area contributed by atoms with E-state index in [1.807, 2.05) is 13.0 Å². The van der Waals surface area contributed by atoms with Crippen LogP contribution >= 0.6 is 11.3 Å². The molecule has 0 saturated heterocycles. The molecule has 1 aromatic rings. The first-order valence-corrected chi connectivity index (χ1v) is 4.38. The molecule has 12 heavy (non-hydrogen) atoms. The van der Waals surface area contributed by atoms with Gasteiger partial charge in [0.15, 0.2) is 0 Å². The van der Waals surface area contributed by atoms with E-state index in [1.165, 1.54) is 17.8 Å². The molecule has 3 heteroatoms. The fraction of sp³-hybridized carbons (Fsp3) is 0.556. The van der Waals surface area contributed by atoms with Crippen molar-refractivity contribution in [3.05, 3.63) is 16.1 Å². The van der Waals surface area contributed by atoms with E-state index in [9.17, 15) is 0 Å². The van der Waals surface area contributed by atoms with Crippen molar-refractivity contribution >= 4 is 11.3 Å². The molecule has 0 aliphatic carbocycles. The molecule has 1 heterocycles. The highest BCUT2D eigenvalue weighted by atomic mass is 32.1. The Morgan fingerprint density at radius 3 is 2.25 bits per heavy atom. The van der Waals surface area contributed by atoms with Crippen LogP contribution in [0.1, 0.15) is 37.6 Å². The van der Waals surface area contributed by atoms with Gasteiger partial charge in [-0.1, -0.05) is 27.7 Å². The molecule has 2 nitrogen and oxygen atoms in total. The Hall–Kier alpha value is -0.880. The van der Waals surface area contributed by atoms with Crippen LogP contribution < -0.4 is 0 Å². The van der Waals surface area contributed by atoms with Crippen LogP contribution in [0.3, 0.4) is 0 Å². The van der Waals surface area contributed by atoms with Crippen LogP contribution in [0, 0.1) is 18.3 Å². The van der Waals surface area contributed by atoms with Crippen molar-refractivity contribution in [2.45, 2.75) is 34.6 Å². The predicted octanol–water partition coefficient (Wildman–Crippen LogP) is 3.38. The number of nitrogens with zero attached hydrogens (tertiary/aromatic N) is 2. The number of hydrogen-bond donors (Lipinski definition) is 0. The minimum atomic E-state index is 0. The van der Waals surface area contributed by atoms with E-state index in [4.69, 9.17) is 5.26 Å². The van der Waals surface area contributed by atoms with Crippen molar-refractivity contribution in [1.82, 2.24) is 4.98 Å². The van der Waals surface area contributed by atoms with E-state index in [0.29, 0.717) is 4.88 Å². The zero-order chi connectivity index (χ0) is 8.69. The van der Waals surface area contributed by atoms with E-state index >= 15 is 0 Å². The molecule has 0 bridgehead atoms. The topological polar surface area (TPSA) is 36.7 Å². The molecule has 68 valence electrons. The highest BCUT2D eigenvalue weighted by molar-refractivity contribution is 7.12. The van der Waals surface area contributed by atoms with Crippen LogP contribution in [0.15, 0.2) is 6.20 Å². The smallest absolute Gasteiger partial charge is 0.124 e. The molecule has 1 aromatic heterocycles. The molecule has 0 saturated carbocycles. The van der Waals surface area contributed by atoms with Crippen LogP contribution in [0.4, 0.5) is 0 Å². The van der Waals surface area contributed by atoms with Gasteiger partial charge in [-0.3, -0.25) is 0 Å². The molecule has 0 atom stereocenters. The van der Waals surface area contributed by atoms with Gasteiger partial charge in [0, 0.05) is 0 Å². The quantitative estimate of drug-likeness (QED) is 0.619. The first-order valence-electron chi connectivity index (χ1n) is 3.57. The second-order valence-electron chi connectivity index (χ2n) is 2.06. The van der Waals surface area contributed by atoms with Crippen molar-refractivity contribution in [1.29, 1.82) is 5.26 Å². The molecule has 0 aliphatic rings. The molecular formula is C9H16N2S. The number of rotatable bonds is 0. The zero-order valence-electron chi connectivity index (χ0n) is 7.09. The normalized spacial score (nSPS) is 7.17. The Morgan fingerprint density at radius 2 is 2.08 bits per heavy atom. The first kappa shape index (κ1) is 13.7. The summed E-state index contributed by atoms with van der Waals surface area (Å²) in [6, 6.07) is 2.00. The second kappa shape index (κ2) is 8.22. The van der Waals surface area contributed by atoms with Gasteiger partial charge in [0.2, 0.25) is 0 Å². The summed E-state index contributed by atoms with van der Waals surface area (Å²) in [5.74, 6) is 0. The molecular weight excluding hydrogens is 168 g/mol. The third-order valence-corrected chi connectivity index (χ3v) is 1.55. The standard InChI is InChI=1S/C5H4N2S.C3H8.CH4/c1-4-7-3-5(2-6)8-4;1-3-2;/h3H,1H3;3H2,1-2H3;1H4. The van der Waals surface area contributed by atoms with Gasteiger partial charge in [-0.2, -0.15) is 5.26 Å². The summed E-state index contributed by atoms with van der Waals surface area (Å²) in [5.41, 5.74) is 0. The van der Waals surface area contributed by atoms with E-state index in [-0.39, 0.29) is 7.43 Å². The number of aryl methyl sites for hydroxylation is 1. The van der Waals surface area contributed by atoms with Crippen molar-refractivity contribution in [2.24, 2.45) is 0 Å². The number of aromatic nitrogens is 1. The summed E-state index contributed by atoms with van der Waals surface area (Å²) in [6.45, 7) is 6.13. The largest absolute Gasteiger partial charge is 0.249 e. The number of thiazole rings is 1. The van der Waals surface area contributed by atoms with Gasteiger partial charge in [0.1, 0.15) is 10.9 Å². The summed E-state index contributed by atoms with van der Waals surface area (Å²) in [5, 5.41) is 9.22. The average Bonchev–Trinajstić information content (AvgIpc) is 2.37. The van der Waals surface area contributed by atoms with Gasteiger partial charge < -0.3 is 0 Å². The van der Waals surface area contributed by atoms with E-state index in [1.54, 1.807) is 6.20 Å². The van der Waals surface area contributed by atoms with E-state index in [0.717, 1.165) is 5.01 Å². The Morgan fingerprint density at radius 1 is 1.58 bits per heavy atom. The number of nitriles is 1. The Balaban J connectivity index is 0. The molecule has 0 aromatic carbocycles. The fourth-order valence-electron chi connectivity index (χ4n) is 0.413. The van der Waals surface area contributed by atoms with Crippen molar-refractivity contribution in [3.63, 3.8) is 0 Å². The van der Waals surface area contributed by atoms with Gasteiger partial charge in [-0.15, -0.1) is 11.3 Å². The van der Waals surface area contributed by atoms with Gasteiger partial charge in [-0.05, 0) is 6.92 Å². The first-order chi connectivity index (χ1) is 5.24. The van der Waals surface area contributed by atoms with Crippen molar-refractivity contribution in [2.75, 3.05) is 0 Å². The lowest BCUT2D eigenvalue weighted by atomic mass is 10.6. The maximum Gasteiger partial charge on any atom is 0.124 e. The molecule has 1 rings (SSSR count). The summed E-state index contributed by atoms with van der Waals surface area (Å²) in [7, 11) is 0. The van der Waals surface area contributed by atoms with Gasteiger partial charge in [0.25, 0.3) is 0 Å². The molecule has 0 fully saturated rings. The summed E-state index contributed by atoms with van der Waals surface area (Å²) in [6.07, 6.45) is 2.83. The fourth-order valence-corrected chi connectivity index (χ4v) is 0.988. The molecule has 0 amide bonds. The number of hydrogen-bond acceptors (Lipinski definition) is 3. The van der Waals surface area contributed by atoms with Crippen LogP contribution in [0.5, 0.6) is 0 Å². The average molecular weight is 184 g/mol. The predicted molar refractivity (Wildman–Crippen MR) is 54.3 cm³/mol. The summed E-state index contributed by atoms with van der Waals surface area (Å²) >= 11 is 1.42. The van der Waals surface area contributed by atoms with E-state index in [2.05, 4.69) is 18.8 Å². The third-order valence-electron chi connectivity index (χ3n) is 0.731. The Bertz CT molecular complexity index is 235. The maximum atomic E-state index is 8.27. The minimum absolute atomic E-state index is 0. The van der Waals surface area contributed by atoms with Crippen LogP contribution in [-0.4, -0.2) is 4.98 Å². The minimum Gasteiger partial charge on any atom is -0.249 e.